The SMILES string of the molecule is CCCCOc1ccc(-c2nonc2NC(=O)COc2ccccc2Cl)cc1. The van der Waals surface area contributed by atoms with Crippen LogP contribution in [0.4, 0.5) is 5.82 Å². The molecule has 8 heteroatoms. The molecule has 28 heavy (non-hydrogen) atoms. The molecule has 0 aliphatic carbocycles. The molecule has 1 aromatic heterocycles. The topological polar surface area (TPSA) is 86.5 Å². The van der Waals surface area contributed by atoms with Crippen molar-refractivity contribution in [1.29, 1.82) is 0 Å². The number of hydrogen-bond donors (Lipinski definition) is 1. The predicted octanol–water partition coefficient (Wildman–Crippen LogP) is 4.59. The third-order valence-corrected chi connectivity index (χ3v) is 4.15. The van der Waals surface area contributed by atoms with E-state index in [4.69, 9.17) is 25.7 Å². The molecule has 3 rings (SSSR count). The zero-order chi connectivity index (χ0) is 19.8. The second kappa shape index (κ2) is 9.75. The molecule has 0 unspecified atom stereocenters. The summed E-state index contributed by atoms with van der Waals surface area (Å²) in [4.78, 5) is 12.2. The molecule has 1 N–H and O–H groups in total. The highest BCUT2D eigenvalue weighted by Gasteiger charge is 2.16. The standard InChI is InChI=1S/C20H20ClN3O4/c1-2-3-12-26-15-10-8-14(9-11-15)19-20(24-28-23-19)22-18(25)13-27-17-7-5-4-6-16(17)21/h4-11H,2-3,12-13H2,1H3,(H,22,24,25). The summed E-state index contributed by atoms with van der Waals surface area (Å²) in [6.07, 6.45) is 2.08. The molecule has 0 saturated carbocycles. The Morgan fingerprint density at radius 3 is 2.64 bits per heavy atom. The zero-order valence-corrected chi connectivity index (χ0v) is 16.1. The van der Waals surface area contributed by atoms with Gasteiger partial charge in [-0.1, -0.05) is 37.1 Å². The first-order valence-corrected chi connectivity index (χ1v) is 9.28. The number of nitrogens with one attached hydrogen (secondary N) is 1. The number of para-hydroxylation sites is 1. The average Bonchev–Trinajstić information content (AvgIpc) is 3.16. The van der Waals surface area contributed by atoms with Gasteiger partial charge in [-0.15, -0.1) is 0 Å². The van der Waals surface area contributed by atoms with Crippen LogP contribution in [0, 0.1) is 0 Å². The van der Waals surface area contributed by atoms with E-state index in [0.29, 0.717) is 23.1 Å². The Labute approximate surface area is 167 Å². The van der Waals surface area contributed by atoms with Crippen molar-refractivity contribution in [1.82, 2.24) is 10.3 Å². The van der Waals surface area contributed by atoms with E-state index < -0.39 is 5.91 Å². The largest absolute Gasteiger partial charge is 0.494 e. The van der Waals surface area contributed by atoms with Crippen molar-refractivity contribution in [2.75, 3.05) is 18.5 Å². The van der Waals surface area contributed by atoms with Crippen LogP contribution in [-0.4, -0.2) is 29.4 Å². The summed E-state index contributed by atoms with van der Waals surface area (Å²) in [5.74, 6) is 1.01. The summed E-state index contributed by atoms with van der Waals surface area (Å²) >= 11 is 6.00. The van der Waals surface area contributed by atoms with E-state index in [0.717, 1.165) is 24.2 Å². The highest BCUT2D eigenvalue weighted by atomic mass is 35.5. The van der Waals surface area contributed by atoms with Gasteiger partial charge in [0.2, 0.25) is 5.82 Å². The van der Waals surface area contributed by atoms with Gasteiger partial charge in [0.25, 0.3) is 5.91 Å². The van der Waals surface area contributed by atoms with E-state index in [1.54, 1.807) is 24.3 Å². The molecular formula is C20H20ClN3O4. The fourth-order valence-corrected chi connectivity index (χ4v) is 2.57. The number of hydrogen-bond acceptors (Lipinski definition) is 6. The van der Waals surface area contributed by atoms with Gasteiger partial charge < -0.3 is 14.8 Å². The Bertz CT molecular complexity index is 912. The number of nitrogens with zero attached hydrogens (tertiary/aromatic N) is 2. The Hall–Kier alpha value is -3.06. The number of halogens is 1. The second-order valence-electron chi connectivity index (χ2n) is 5.96. The molecule has 1 heterocycles. The fraction of sp³-hybridized carbons (Fsp3) is 0.250. The average molecular weight is 402 g/mol. The Morgan fingerprint density at radius 2 is 1.89 bits per heavy atom. The molecule has 7 nitrogen and oxygen atoms in total. The first-order valence-electron chi connectivity index (χ1n) is 8.90. The second-order valence-corrected chi connectivity index (χ2v) is 6.36. The molecule has 0 fully saturated rings. The molecule has 146 valence electrons. The van der Waals surface area contributed by atoms with Crippen LogP contribution in [-0.2, 0) is 4.79 Å². The number of aromatic nitrogens is 2. The molecule has 1 amide bonds. The number of carbonyl (C=O) groups is 1. The molecular weight excluding hydrogens is 382 g/mol. The maximum atomic E-state index is 12.2. The van der Waals surface area contributed by atoms with E-state index in [9.17, 15) is 4.79 Å². The van der Waals surface area contributed by atoms with Crippen molar-refractivity contribution in [2.24, 2.45) is 0 Å². The molecule has 0 spiro atoms. The van der Waals surface area contributed by atoms with Crippen LogP contribution in [0.5, 0.6) is 11.5 Å². The van der Waals surface area contributed by atoms with E-state index >= 15 is 0 Å². The number of amides is 1. The van der Waals surface area contributed by atoms with E-state index in [1.807, 2.05) is 24.3 Å². The Morgan fingerprint density at radius 1 is 1.11 bits per heavy atom. The fourth-order valence-electron chi connectivity index (χ4n) is 2.38. The van der Waals surface area contributed by atoms with Gasteiger partial charge in [-0.3, -0.25) is 4.79 Å². The van der Waals surface area contributed by atoms with E-state index in [2.05, 4.69) is 22.6 Å². The summed E-state index contributed by atoms with van der Waals surface area (Å²) in [7, 11) is 0. The number of unbranched alkanes of at least 4 members (excludes halogenated alkanes) is 1. The van der Waals surface area contributed by atoms with Crippen LogP contribution >= 0.6 is 11.6 Å². The van der Waals surface area contributed by atoms with Crippen molar-refractivity contribution in [3.05, 3.63) is 53.6 Å². The molecule has 0 atom stereocenters. The lowest BCUT2D eigenvalue weighted by molar-refractivity contribution is -0.118. The van der Waals surface area contributed by atoms with Gasteiger partial charge in [0, 0.05) is 5.56 Å². The predicted molar refractivity (Wildman–Crippen MR) is 106 cm³/mol. The van der Waals surface area contributed by atoms with Crippen molar-refractivity contribution in [3.63, 3.8) is 0 Å². The van der Waals surface area contributed by atoms with Crippen molar-refractivity contribution in [2.45, 2.75) is 19.8 Å². The maximum absolute atomic E-state index is 12.2. The lowest BCUT2D eigenvalue weighted by atomic mass is 10.1. The number of anilines is 1. The number of benzene rings is 2. The summed E-state index contributed by atoms with van der Waals surface area (Å²) < 4.78 is 15.8. The van der Waals surface area contributed by atoms with Gasteiger partial charge in [0.05, 0.1) is 11.6 Å². The molecule has 3 aromatic rings. The molecule has 0 radical (unpaired) electrons. The lowest BCUT2D eigenvalue weighted by Gasteiger charge is -2.08. The van der Waals surface area contributed by atoms with Crippen LogP contribution in [0.3, 0.4) is 0 Å². The lowest BCUT2D eigenvalue weighted by Crippen LogP contribution is -2.20. The van der Waals surface area contributed by atoms with Gasteiger partial charge in [-0.05, 0) is 53.1 Å². The smallest absolute Gasteiger partial charge is 0.263 e. The van der Waals surface area contributed by atoms with Gasteiger partial charge in [-0.2, -0.15) is 0 Å². The number of rotatable bonds is 9. The minimum Gasteiger partial charge on any atom is -0.494 e. The molecule has 0 saturated heterocycles. The van der Waals surface area contributed by atoms with Crippen LogP contribution < -0.4 is 14.8 Å². The summed E-state index contributed by atoms with van der Waals surface area (Å²) in [5.41, 5.74) is 1.16. The molecule has 2 aromatic carbocycles. The third-order valence-electron chi connectivity index (χ3n) is 3.84. The highest BCUT2D eigenvalue weighted by molar-refractivity contribution is 6.32. The monoisotopic (exact) mass is 401 g/mol. The van der Waals surface area contributed by atoms with E-state index in [-0.39, 0.29) is 12.4 Å². The minimum atomic E-state index is -0.406. The molecule has 0 aliphatic heterocycles. The van der Waals surface area contributed by atoms with Crippen LogP contribution in [0.15, 0.2) is 53.2 Å². The summed E-state index contributed by atoms with van der Waals surface area (Å²) in [5, 5.41) is 10.7. The zero-order valence-electron chi connectivity index (χ0n) is 15.4. The third kappa shape index (κ3) is 5.23. The Kier molecular flexibility index (Phi) is 6.86. The minimum absolute atomic E-state index is 0.215. The molecule has 0 aliphatic rings. The van der Waals surface area contributed by atoms with Crippen LogP contribution in [0.2, 0.25) is 5.02 Å². The van der Waals surface area contributed by atoms with Crippen molar-refractivity contribution in [3.8, 4) is 22.8 Å². The summed E-state index contributed by atoms with van der Waals surface area (Å²) in [6, 6.07) is 14.3. The first-order chi connectivity index (χ1) is 13.7. The van der Waals surface area contributed by atoms with Crippen molar-refractivity contribution < 1.29 is 18.9 Å². The van der Waals surface area contributed by atoms with Crippen LogP contribution in [0.1, 0.15) is 19.8 Å². The van der Waals surface area contributed by atoms with Crippen molar-refractivity contribution >= 4 is 23.3 Å². The van der Waals surface area contributed by atoms with E-state index in [1.165, 1.54) is 0 Å². The van der Waals surface area contributed by atoms with Gasteiger partial charge in [0.15, 0.2) is 12.3 Å². The Balaban J connectivity index is 1.60. The first kappa shape index (κ1) is 19.7. The molecule has 0 bridgehead atoms. The van der Waals surface area contributed by atoms with Gasteiger partial charge >= 0.3 is 0 Å². The number of carbonyl (C=O) groups excluding carboxylic acids is 1. The summed E-state index contributed by atoms with van der Waals surface area (Å²) in [6.45, 7) is 2.56. The maximum Gasteiger partial charge on any atom is 0.263 e. The van der Waals surface area contributed by atoms with Crippen LogP contribution in [0.25, 0.3) is 11.3 Å². The quantitative estimate of drug-likeness (QED) is 0.528. The number of ether oxygens (including phenoxy) is 2. The normalized spacial score (nSPS) is 10.5. The van der Waals surface area contributed by atoms with Gasteiger partial charge in [-0.25, -0.2) is 4.63 Å². The van der Waals surface area contributed by atoms with Gasteiger partial charge in [0.1, 0.15) is 11.5 Å². The highest BCUT2D eigenvalue weighted by Crippen LogP contribution is 2.27.